The Morgan fingerprint density at radius 1 is 1.56 bits per heavy atom. The third-order valence-corrected chi connectivity index (χ3v) is 2.11. The number of anilines is 1. The lowest BCUT2D eigenvalue weighted by atomic mass is 10.4. The van der Waals surface area contributed by atoms with Gasteiger partial charge >= 0.3 is 0 Å². The molecule has 0 bridgehead atoms. The molecule has 0 atom stereocenters. The lowest BCUT2D eigenvalue weighted by molar-refractivity contribution is -0.135. The first-order valence-corrected chi connectivity index (χ1v) is 5.56. The summed E-state index contributed by atoms with van der Waals surface area (Å²) in [4.78, 5) is 28.3. The van der Waals surface area contributed by atoms with Gasteiger partial charge in [-0.05, 0) is 13.8 Å². The number of hydrogen-bond donors (Lipinski definition) is 2. The van der Waals surface area contributed by atoms with Crippen LogP contribution in [-0.2, 0) is 16.1 Å². The number of carbonyl (C=O) groups is 2. The highest BCUT2D eigenvalue weighted by Crippen LogP contribution is 1.93. The SMILES string of the molecule is CC(C)NC(=O)CN(C)C(=O)Cn1cnc(N)n1. The third kappa shape index (κ3) is 4.40. The smallest absolute Gasteiger partial charge is 0.244 e. The van der Waals surface area contributed by atoms with E-state index in [1.54, 1.807) is 7.05 Å². The summed E-state index contributed by atoms with van der Waals surface area (Å²) in [5.41, 5.74) is 5.33. The highest BCUT2D eigenvalue weighted by Gasteiger charge is 2.14. The molecule has 18 heavy (non-hydrogen) atoms. The molecule has 8 heteroatoms. The number of carbonyl (C=O) groups excluding carboxylic acids is 2. The van der Waals surface area contributed by atoms with Crippen molar-refractivity contribution < 1.29 is 9.59 Å². The summed E-state index contributed by atoms with van der Waals surface area (Å²) in [7, 11) is 1.56. The maximum absolute atomic E-state index is 11.8. The maximum Gasteiger partial charge on any atom is 0.244 e. The van der Waals surface area contributed by atoms with Crippen LogP contribution in [0.15, 0.2) is 6.33 Å². The number of hydrogen-bond acceptors (Lipinski definition) is 5. The van der Waals surface area contributed by atoms with Crippen LogP contribution in [0, 0.1) is 0 Å². The van der Waals surface area contributed by atoms with E-state index in [1.807, 2.05) is 13.8 Å². The van der Waals surface area contributed by atoms with Gasteiger partial charge in [0.25, 0.3) is 0 Å². The van der Waals surface area contributed by atoms with Crippen LogP contribution in [0.1, 0.15) is 13.8 Å². The summed E-state index contributed by atoms with van der Waals surface area (Å²) < 4.78 is 1.33. The van der Waals surface area contributed by atoms with Gasteiger partial charge in [-0.25, -0.2) is 9.67 Å². The molecule has 0 saturated heterocycles. The fourth-order valence-corrected chi connectivity index (χ4v) is 1.32. The van der Waals surface area contributed by atoms with Crippen LogP contribution >= 0.6 is 0 Å². The topological polar surface area (TPSA) is 106 Å². The third-order valence-electron chi connectivity index (χ3n) is 2.11. The number of amides is 2. The molecule has 0 aromatic carbocycles. The van der Waals surface area contributed by atoms with Crippen LogP contribution in [0.2, 0.25) is 0 Å². The van der Waals surface area contributed by atoms with Gasteiger partial charge in [0.1, 0.15) is 12.9 Å². The number of rotatable bonds is 5. The molecule has 1 aromatic heterocycles. The van der Waals surface area contributed by atoms with Crippen molar-refractivity contribution in [2.75, 3.05) is 19.3 Å². The van der Waals surface area contributed by atoms with Crippen molar-refractivity contribution in [2.24, 2.45) is 0 Å². The number of aromatic nitrogens is 3. The standard InChI is InChI=1S/C10H18N6O2/c1-7(2)13-8(17)4-15(3)9(18)5-16-6-12-10(11)14-16/h6-7H,4-5H2,1-3H3,(H2,11,14)(H,13,17). The number of likely N-dealkylation sites (N-methyl/N-ethyl adjacent to an activating group) is 1. The normalized spacial score (nSPS) is 10.4. The fraction of sp³-hybridized carbons (Fsp3) is 0.600. The van der Waals surface area contributed by atoms with E-state index in [9.17, 15) is 9.59 Å². The first-order chi connectivity index (χ1) is 8.38. The van der Waals surface area contributed by atoms with Crippen molar-refractivity contribution in [3.05, 3.63) is 6.33 Å². The second-order valence-electron chi connectivity index (χ2n) is 4.27. The lowest BCUT2D eigenvalue weighted by Gasteiger charge is -2.17. The fourth-order valence-electron chi connectivity index (χ4n) is 1.32. The van der Waals surface area contributed by atoms with Gasteiger partial charge in [0.15, 0.2) is 0 Å². The monoisotopic (exact) mass is 254 g/mol. The van der Waals surface area contributed by atoms with Crippen molar-refractivity contribution >= 4 is 17.8 Å². The first-order valence-electron chi connectivity index (χ1n) is 5.56. The maximum atomic E-state index is 11.8. The van der Waals surface area contributed by atoms with Crippen LogP contribution in [0.5, 0.6) is 0 Å². The Hall–Kier alpha value is -2.12. The Bertz CT molecular complexity index is 428. The molecule has 0 aliphatic carbocycles. The van der Waals surface area contributed by atoms with Crippen molar-refractivity contribution in [3.8, 4) is 0 Å². The number of nitrogens with two attached hydrogens (primary N) is 1. The highest BCUT2D eigenvalue weighted by molar-refractivity contribution is 5.84. The summed E-state index contributed by atoms with van der Waals surface area (Å²) in [6, 6.07) is 0.0520. The van der Waals surface area contributed by atoms with Gasteiger partial charge in [0.2, 0.25) is 17.8 Å². The van der Waals surface area contributed by atoms with Crippen LogP contribution in [0.3, 0.4) is 0 Å². The van der Waals surface area contributed by atoms with Crippen molar-refractivity contribution in [1.29, 1.82) is 0 Å². The van der Waals surface area contributed by atoms with Crippen LogP contribution in [-0.4, -0.2) is 51.1 Å². The first kappa shape index (κ1) is 13.9. The van der Waals surface area contributed by atoms with Gasteiger partial charge in [0, 0.05) is 13.1 Å². The molecule has 1 rings (SSSR count). The predicted molar refractivity (Wildman–Crippen MR) is 65.4 cm³/mol. The number of nitrogen functional groups attached to an aromatic ring is 1. The van der Waals surface area contributed by atoms with E-state index in [0.717, 1.165) is 0 Å². The van der Waals surface area contributed by atoms with Gasteiger partial charge in [-0.2, -0.15) is 0 Å². The Balaban J connectivity index is 2.44. The number of nitrogens with zero attached hydrogens (tertiary/aromatic N) is 4. The number of nitrogens with one attached hydrogen (secondary N) is 1. The Kier molecular flexibility index (Phi) is 4.64. The zero-order valence-corrected chi connectivity index (χ0v) is 10.8. The minimum atomic E-state index is -0.237. The van der Waals surface area contributed by atoms with E-state index in [0.29, 0.717) is 0 Å². The second-order valence-corrected chi connectivity index (χ2v) is 4.27. The lowest BCUT2D eigenvalue weighted by Crippen LogP contribution is -2.41. The summed E-state index contributed by atoms with van der Waals surface area (Å²) in [6.07, 6.45) is 1.37. The van der Waals surface area contributed by atoms with Gasteiger partial charge in [-0.3, -0.25) is 9.59 Å². The molecular weight excluding hydrogens is 236 g/mol. The molecule has 3 N–H and O–H groups in total. The Morgan fingerprint density at radius 2 is 2.22 bits per heavy atom. The summed E-state index contributed by atoms with van der Waals surface area (Å²) in [5, 5.41) is 6.50. The van der Waals surface area contributed by atoms with E-state index in [4.69, 9.17) is 5.73 Å². The Labute approximate surface area is 105 Å². The summed E-state index contributed by atoms with van der Waals surface area (Å²) in [6.45, 7) is 3.74. The molecule has 1 aromatic rings. The molecule has 0 aliphatic heterocycles. The highest BCUT2D eigenvalue weighted by atomic mass is 16.2. The Morgan fingerprint density at radius 3 is 2.72 bits per heavy atom. The quantitative estimate of drug-likeness (QED) is 0.689. The van der Waals surface area contributed by atoms with E-state index in [2.05, 4.69) is 15.4 Å². The average Bonchev–Trinajstić information content (AvgIpc) is 2.62. The van der Waals surface area contributed by atoms with Crippen LogP contribution < -0.4 is 11.1 Å². The molecule has 0 radical (unpaired) electrons. The molecular formula is C10H18N6O2. The average molecular weight is 254 g/mol. The summed E-state index contributed by atoms with van der Waals surface area (Å²) in [5.74, 6) is -0.319. The van der Waals surface area contributed by atoms with E-state index in [-0.39, 0.29) is 36.9 Å². The molecule has 2 amide bonds. The van der Waals surface area contributed by atoms with Crippen LogP contribution in [0.4, 0.5) is 5.95 Å². The van der Waals surface area contributed by atoms with Gasteiger partial charge in [-0.1, -0.05) is 0 Å². The largest absolute Gasteiger partial charge is 0.367 e. The van der Waals surface area contributed by atoms with Crippen molar-refractivity contribution in [3.63, 3.8) is 0 Å². The molecule has 8 nitrogen and oxygen atoms in total. The molecule has 0 saturated carbocycles. The molecule has 100 valence electrons. The van der Waals surface area contributed by atoms with Crippen molar-refractivity contribution in [2.45, 2.75) is 26.4 Å². The molecule has 0 spiro atoms. The minimum absolute atomic E-state index is 0.00958. The predicted octanol–water partition coefficient (Wildman–Crippen LogP) is -1.16. The zero-order valence-electron chi connectivity index (χ0n) is 10.8. The van der Waals surface area contributed by atoms with Gasteiger partial charge in [0.05, 0.1) is 6.54 Å². The molecule has 1 heterocycles. The second kappa shape index (κ2) is 5.99. The van der Waals surface area contributed by atoms with E-state index in [1.165, 1.54) is 15.9 Å². The molecule has 0 fully saturated rings. The van der Waals surface area contributed by atoms with Gasteiger partial charge in [-0.15, -0.1) is 5.10 Å². The van der Waals surface area contributed by atoms with Crippen molar-refractivity contribution in [1.82, 2.24) is 25.0 Å². The molecule has 0 unspecified atom stereocenters. The zero-order chi connectivity index (χ0) is 13.7. The van der Waals surface area contributed by atoms with Gasteiger partial charge < -0.3 is 16.0 Å². The van der Waals surface area contributed by atoms with E-state index < -0.39 is 0 Å². The summed E-state index contributed by atoms with van der Waals surface area (Å²) >= 11 is 0. The van der Waals surface area contributed by atoms with Crippen LogP contribution in [0.25, 0.3) is 0 Å². The minimum Gasteiger partial charge on any atom is -0.367 e. The van der Waals surface area contributed by atoms with E-state index >= 15 is 0 Å². The molecule has 0 aliphatic rings.